The molecule has 22 rings (SSSR count). The van der Waals surface area contributed by atoms with Gasteiger partial charge in [0.05, 0.1) is 27.6 Å². The second kappa shape index (κ2) is 16.6. The number of halogens is 3. The van der Waals surface area contributed by atoms with Crippen LogP contribution >= 0.6 is 0 Å². The highest BCUT2D eigenvalue weighted by Crippen LogP contribution is 2.63. The largest absolute Gasteiger partial charge is 0.456 e. The molecular formula is C78H61F3N2O2. The lowest BCUT2D eigenvalue weighted by Gasteiger charge is -2.57. The van der Waals surface area contributed by atoms with E-state index in [0.29, 0.717) is 10.8 Å². The van der Waals surface area contributed by atoms with Gasteiger partial charge in [-0.2, -0.15) is 13.2 Å². The van der Waals surface area contributed by atoms with Crippen molar-refractivity contribution in [3.8, 4) is 22.5 Å². The number of fused-ring (bicyclic) bond motifs is 14. The zero-order valence-electron chi connectivity index (χ0n) is 47.5. The molecule has 85 heavy (non-hydrogen) atoms. The quantitative estimate of drug-likeness (QED) is 0.172. The van der Waals surface area contributed by atoms with Crippen molar-refractivity contribution in [1.29, 1.82) is 0 Å². The van der Waals surface area contributed by atoms with Crippen molar-refractivity contribution in [1.82, 2.24) is 9.13 Å². The van der Waals surface area contributed by atoms with E-state index in [9.17, 15) is 13.2 Å². The molecule has 8 fully saturated rings. The Morgan fingerprint density at radius 2 is 0.788 bits per heavy atom. The molecule has 8 saturated carbocycles. The number of nitrogens with zero attached hydrogens (tertiary/aromatic N) is 2. The summed E-state index contributed by atoms with van der Waals surface area (Å²) in [5, 5.41) is 12.8. The highest BCUT2D eigenvalue weighted by Gasteiger charge is 2.53. The molecular weight excluding hydrogens is 1050 g/mol. The van der Waals surface area contributed by atoms with Gasteiger partial charge in [-0.1, -0.05) is 54.1 Å². The fourth-order valence-corrected chi connectivity index (χ4v) is 20.1. The van der Waals surface area contributed by atoms with Gasteiger partial charge in [0.15, 0.2) is 0 Å². The molecule has 0 saturated heterocycles. The SMILES string of the molecule is Cc1ccc2cc3c(cc2c1)c1cc(C24CC5CC(CC(C5)C2)C4)ccc1n3-c1ccc2c(c1)oc1ccc(-c3ccc4oc5cc(-n6c7ccc(C89CC%10CC(CC(C%10)C8)C9)cc7c7cc8cc(C(F)(F)F)ccc8cc76)ccc5c4c3)cc12. The van der Waals surface area contributed by atoms with E-state index in [1.807, 2.05) is 6.07 Å². The summed E-state index contributed by atoms with van der Waals surface area (Å²) in [5.41, 5.74) is 16.1. The zero-order chi connectivity index (χ0) is 56.0. The molecule has 0 amide bonds. The number of rotatable bonds is 5. The molecule has 416 valence electrons. The Balaban J connectivity index is 0.674. The summed E-state index contributed by atoms with van der Waals surface area (Å²) in [5.74, 6) is 5.06. The van der Waals surface area contributed by atoms with E-state index >= 15 is 0 Å². The van der Waals surface area contributed by atoms with E-state index in [0.717, 1.165) is 129 Å². The molecule has 4 aromatic heterocycles. The van der Waals surface area contributed by atoms with Gasteiger partial charge < -0.3 is 18.0 Å². The van der Waals surface area contributed by atoms with Crippen molar-refractivity contribution in [3.05, 3.63) is 192 Å². The standard InChI is InChI=1S/C78H61F3N2O2/c1-42-2-3-51-30-70-62(28-53(51)18-42)64-32-55(76-36-43-19-44(37-76)21-45(20-43)38-76)8-14-68(64)82(70)58-10-12-60-66-26-49(5-16-72(66)84-74(60)34-58)50-6-17-73-67(27-50)61-13-11-59(35-75(61)85-73)83-69-15-9-56(77-39-46-22-47(40-77)24-48(23-46)41-77)33-65(69)63-29-54-25-57(78(79,80)81)7-4-52(54)31-71(63)83/h2-18,25-35,43-48H,19-24,36-41H2,1H3. The lowest BCUT2D eigenvalue weighted by molar-refractivity contribution is -0.137. The molecule has 0 N–H and O–H groups in total. The van der Waals surface area contributed by atoms with E-state index in [4.69, 9.17) is 8.83 Å². The molecule has 4 nitrogen and oxygen atoms in total. The van der Waals surface area contributed by atoms with E-state index in [1.54, 1.807) is 11.6 Å². The summed E-state index contributed by atoms with van der Waals surface area (Å²) < 4.78 is 60.7. The number of hydrogen-bond acceptors (Lipinski definition) is 2. The summed E-state index contributed by atoms with van der Waals surface area (Å²) in [7, 11) is 0. The van der Waals surface area contributed by atoms with Gasteiger partial charge in [-0.15, -0.1) is 0 Å². The summed E-state index contributed by atoms with van der Waals surface area (Å²) in [4.78, 5) is 0. The van der Waals surface area contributed by atoms with Crippen molar-refractivity contribution >= 4 is 109 Å². The van der Waals surface area contributed by atoms with E-state index < -0.39 is 11.7 Å². The lowest BCUT2D eigenvalue weighted by Crippen LogP contribution is -2.48. The minimum Gasteiger partial charge on any atom is -0.456 e. The Morgan fingerprint density at radius 1 is 0.353 bits per heavy atom. The number of alkyl halides is 3. The van der Waals surface area contributed by atoms with Gasteiger partial charge in [-0.05, 0) is 283 Å². The summed E-state index contributed by atoms with van der Waals surface area (Å²) in [6, 6.07) is 60.8. The first-order valence-electron chi connectivity index (χ1n) is 31.4. The molecule has 8 aliphatic carbocycles. The normalized spacial score (nSPS) is 25.4. The maximum absolute atomic E-state index is 14.1. The lowest BCUT2D eigenvalue weighted by atomic mass is 9.48. The van der Waals surface area contributed by atoms with Crippen LogP contribution in [0, 0.1) is 42.4 Å². The summed E-state index contributed by atoms with van der Waals surface area (Å²) in [6.45, 7) is 2.19. The fourth-order valence-electron chi connectivity index (χ4n) is 20.1. The molecule has 0 spiro atoms. The van der Waals surface area contributed by atoms with Crippen LogP contribution in [0.25, 0.3) is 132 Å². The Labute approximate surface area is 488 Å². The minimum atomic E-state index is -4.43. The fraction of sp³-hybridized carbons (Fsp3) is 0.282. The minimum absolute atomic E-state index is 0.176. The molecule has 0 aliphatic heterocycles. The summed E-state index contributed by atoms with van der Waals surface area (Å²) >= 11 is 0. The first-order chi connectivity index (χ1) is 41.4. The first kappa shape index (κ1) is 48.0. The molecule has 10 aromatic carbocycles. The van der Waals surface area contributed by atoms with Crippen LogP contribution in [0.3, 0.4) is 0 Å². The molecule has 8 aliphatic rings. The number of furan rings is 2. The van der Waals surface area contributed by atoms with Crippen LogP contribution in [0.15, 0.2) is 179 Å². The van der Waals surface area contributed by atoms with Crippen molar-refractivity contribution in [2.75, 3.05) is 0 Å². The Kier molecular flexibility index (Phi) is 9.36. The number of aromatic nitrogens is 2. The van der Waals surface area contributed by atoms with Gasteiger partial charge in [0.1, 0.15) is 22.3 Å². The van der Waals surface area contributed by atoms with Crippen LogP contribution in [-0.2, 0) is 17.0 Å². The molecule has 4 heterocycles. The highest BCUT2D eigenvalue weighted by atomic mass is 19.4. The van der Waals surface area contributed by atoms with E-state index in [-0.39, 0.29) is 5.41 Å². The third-order valence-corrected chi connectivity index (χ3v) is 23.0. The van der Waals surface area contributed by atoms with Crippen LogP contribution in [0.1, 0.15) is 99.3 Å². The van der Waals surface area contributed by atoms with Gasteiger partial charge in [-0.3, -0.25) is 0 Å². The van der Waals surface area contributed by atoms with Crippen LogP contribution in [-0.4, -0.2) is 9.13 Å². The van der Waals surface area contributed by atoms with E-state index in [1.165, 1.54) is 133 Å². The number of aryl methyl sites for hydroxylation is 1. The second-order valence-corrected chi connectivity index (χ2v) is 28.2. The van der Waals surface area contributed by atoms with Gasteiger partial charge in [0, 0.05) is 66.6 Å². The predicted molar refractivity (Wildman–Crippen MR) is 340 cm³/mol. The summed E-state index contributed by atoms with van der Waals surface area (Å²) in [6.07, 6.45) is 11.8. The smallest absolute Gasteiger partial charge is 0.416 e. The monoisotopic (exact) mass is 1110 g/mol. The van der Waals surface area contributed by atoms with Crippen LogP contribution in [0.5, 0.6) is 0 Å². The maximum atomic E-state index is 14.1. The van der Waals surface area contributed by atoms with Crippen LogP contribution < -0.4 is 0 Å². The van der Waals surface area contributed by atoms with Crippen LogP contribution in [0.4, 0.5) is 13.2 Å². The Bertz CT molecular complexity index is 5220. The van der Waals surface area contributed by atoms with Gasteiger partial charge in [0.2, 0.25) is 0 Å². The Hall–Kier alpha value is -8.29. The predicted octanol–water partition coefficient (Wildman–Crippen LogP) is 21.9. The molecule has 0 radical (unpaired) electrons. The van der Waals surface area contributed by atoms with Gasteiger partial charge in [-0.25, -0.2) is 0 Å². The molecule has 8 bridgehead atoms. The third-order valence-electron chi connectivity index (χ3n) is 23.0. The third kappa shape index (κ3) is 6.93. The second-order valence-electron chi connectivity index (χ2n) is 28.2. The topological polar surface area (TPSA) is 36.1 Å². The molecule has 0 atom stereocenters. The average Bonchev–Trinajstić information content (AvgIpc) is 3.36. The van der Waals surface area contributed by atoms with Gasteiger partial charge in [0.25, 0.3) is 0 Å². The number of hydrogen-bond donors (Lipinski definition) is 0. The van der Waals surface area contributed by atoms with Crippen molar-refractivity contribution in [2.45, 2.75) is 101 Å². The molecule has 7 heteroatoms. The first-order valence-corrected chi connectivity index (χ1v) is 31.4. The van der Waals surface area contributed by atoms with Crippen molar-refractivity contribution in [3.63, 3.8) is 0 Å². The van der Waals surface area contributed by atoms with E-state index in [2.05, 4.69) is 162 Å². The number of benzene rings is 10. The van der Waals surface area contributed by atoms with Crippen LogP contribution in [0.2, 0.25) is 0 Å². The van der Waals surface area contributed by atoms with Crippen molar-refractivity contribution in [2.24, 2.45) is 35.5 Å². The van der Waals surface area contributed by atoms with Gasteiger partial charge >= 0.3 is 6.18 Å². The molecule has 14 aromatic rings. The zero-order valence-corrected chi connectivity index (χ0v) is 47.5. The maximum Gasteiger partial charge on any atom is 0.416 e. The molecule has 0 unspecified atom stereocenters. The average molecular weight is 1120 g/mol. The Morgan fingerprint density at radius 3 is 1.25 bits per heavy atom. The van der Waals surface area contributed by atoms with Crippen molar-refractivity contribution < 1.29 is 22.0 Å². The highest BCUT2D eigenvalue weighted by molar-refractivity contribution is 6.16.